The number of nitrogens with zero attached hydrogens (tertiary/aromatic N) is 1. The Hall–Kier alpha value is -2.66. The zero-order chi connectivity index (χ0) is 16.2. The van der Waals surface area contributed by atoms with Crippen molar-refractivity contribution in [3.05, 3.63) is 63.8 Å². The Bertz CT molecular complexity index is 884. The molecule has 0 bridgehead atoms. The van der Waals surface area contributed by atoms with Gasteiger partial charge < -0.3 is 4.74 Å². The number of hydrogen-bond acceptors (Lipinski definition) is 4. The molecule has 0 atom stereocenters. The fraction of sp³-hybridized carbons (Fsp3) is 0.111. The van der Waals surface area contributed by atoms with E-state index in [2.05, 4.69) is 10.5 Å². The molecule has 1 amide bonds. The Morgan fingerprint density at radius 2 is 1.96 bits per heavy atom. The molecule has 0 aliphatic heterocycles. The molecule has 4 nitrogen and oxygen atoms in total. The van der Waals surface area contributed by atoms with Crippen molar-refractivity contribution in [2.45, 2.75) is 6.92 Å². The second-order valence-electron chi connectivity index (χ2n) is 5.03. The molecule has 1 aromatic heterocycles. The van der Waals surface area contributed by atoms with Crippen LogP contribution in [0.2, 0.25) is 0 Å². The van der Waals surface area contributed by atoms with Crippen LogP contribution in [0.15, 0.2) is 52.9 Å². The normalized spacial score (nSPS) is 11.0. The van der Waals surface area contributed by atoms with Gasteiger partial charge in [-0.05, 0) is 41.5 Å². The zero-order valence-electron chi connectivity index (χ0n) is 12.9. The maximum Gasteiger partial charge on any atom is 0.281 e. The average molecular weight is 324 g/mol. The summed E-state index contributed by atoms with van der Waals surface area (Å²) in [6, 6.07) is 13.7. The quantitative estimate of drug-likeness (QED) is 0.583. The van der Waals surface area contributed by atoms with Gasteiger partial charge in [0.15, 0.2) is 0 Å². The molecule has 0 unspecified atom stereocenters. The van der Waals surface area contributed by atoms with Crippen molar-refractivity contribution in [2.75, 3.05) is 7.11 Å². The summed E-state index contributed by atoms with van der Waals surface area (Å²) in [6.07, 6.45) is 1.66. The molecule has 5 heteroatoms. The van der Waals surface area contributed by atoms with Crippen molar-refractivity contribution in [2.24, 2.45) is 5.10 Å². The summed E-state index contributed by atoms with van der Waals surface area (Å²) in [4.78, 5) is 12.7. The SMILES string of the molecule is COc1ccc(C=NNC(=O)c2sccc2C)c2ccccc12. The molecule has 0 fully saturated rings. The highest BCUT2D eigenvalue weighted by Gasteiger charge is 2.09. The fourth-order valence-electron chi connectivity index (χ4n) is 2.40. The van der Waals surface area contributed by atoms with Crippen LogP contribution in [-0.2, 0) is 0 Å². The lowest BCUT2D eigenvalue weighted by molar-refractivity contribution is 0.0958. The first kappa shape index (κ1) is 15.2. The highest BCUT2D eigenvalue weighted by Crippen LogP contribution is 2.27. The van der Waals surface area contributed by atoms with Gasteiger partial charge in [0.05, 0.1) is 18.2 Å². The first-order chi connectivity index (χ1) is 11.2. The minimum Gasteiger partial charge on any atom is -0.496 e. The minimum atomic E-state index is -0.188. The summed E-state index contributed by atoms with van der Waals surface area (Å²) in [5.74, 6) is 0.627. The average Bonchev–Trinajstić information content (AvgIpc) is 3.01. The predicted octanol–water partition coefficient (Wildman–Crippen LogP) is 3.98. The fourth-order valence-corrected chi connectivity index (χ4v) is 3.22. The summed E-state index contributed by atoms with van der Waals surface area (Å²) in [6.45, 7) is 1.91. The van der Waals surface area contributed by atoms with Gasteiger partial charge in [-0.15, -0.1) is 11.3 Å². The van der Waals surface area contributed by atoms with Crippen molar-refractivity contribution >= 4 is 34.2 Å². The van der Waals surface area contributed by atoms with Gasteiger partial charge in [0.1, 0.15) is 5.75 Å². The van der Waals surface area contributed by atoms with Crippen LogP contribution in [0.3, 0.4) is 0 Å². The molecule has 2 aromatic carbocycles. The molecule has 0 aliphatic carbocycles. The van der Waals surface area contributed by atoms with Gasteiger partial charge in [-0.1, -0.05) is 24.3 Å². The molecular weight excluding hydrogens is 308 g/mol. The van der Waals surface area contributed by atoms with E-state index in [0.717, 1.165) is 27.6 Å². The van der Waals surface area contributed by atoms with Crippen LogP contribution in [0.1, 0.15) is 20.8 Å². The number of amides is 1. The van der Waals surface area contributed by atoms with Gasteiger partial charge in [-0.3, -0.25) is 4.79 Å². The van der Waals surface area contributed by atoms with Crippen molar-refractivity contribution in [1.82, 2.24) is 5.43 Å². The first-order valence-electron chi connectivity index (χ1n) is 7.14. The molecule has 0 radical (unpaired) electrons. The number of hydrazone groups is 1. The van der Waals surface area contributed by atoms with Gasteiger partial charge >= 0.3 is 0 Å². The molecule has 3 rings (SSSR count). The van der Waals surface area contributed by atoms with E-state index >= 15 is 0 Å². The van der Waals surface area contributed by atoms with E-state index in [4.69, 9.17) is 4.74 Å². The van der Waals surface area contributed by atoms with E-state index in [1.54, 1.807) is 13.3 Å². The van der Waals surface area contributed by atoms with Crippen LogP contribution in [0.4, 0.5) is 0 Å². The lowest BCUT2D eigenvalue weighted by atomic mass is 10.0. The molecule has 0 spiro atoms. The van der Waals surface area contributed by atoms with E-state index in [9.17, 15) is 4.79 Å². The highest BCUT2D eigenvalue weighted by atomic mass is 32.1. The molecule has 0 aliphatic rings. The van der Waals surface area contributed by atoms with E-state index in [1.807, 2.05) is 54.8 Å². The van der Waals surface area contributed by atoms with Gasteiger partial charge in [-0.25, -0.2) is 5.43 Å². The first-order valence-corrected chi connectivity index (χ1v) is 8.02. The lowest BCUT2D eigenvalue weighted by Crippen LogP contribution is -2.17. The zero-order valence-corrected chi connectivity index (χ0v) is 13.7. The van der Waals surface area contributed by atoms with Crippen molar-refractivity contribution in [3.8, 4) is 5.75 Å². The van der Waals surface area contributed by atoms with Crippen LogP contribution < -0.4 is 10.2 Å². The number of rotatable bonds is 4. The van der Waals surface area contributed by atoms with Gasteiger partial charge in [0, 0.05) is 10.9 Å². The van der Waals surface area contributed by atoms with Gasteiger partial charge in [0.2, 0.25) is 0 Å². The van der Waals surface area contributed by atoms with Gasteiger partial charge in [0.25, 0.3) is 5.91 Å². The van der Waals surface area contributed by atoms with Crippen molar-refractivity contribution in [3.63, 3.8) is 0 Å². The maximum atomic E-state index is 12.0. The second kappa shape index (κ2) is 6.62. The number of thiophene rings is 1. The van der Waals surface area contributed by atoms with Crippen LogP contribution in [0.25, 0.3) is 10.8 Å². The Morgan fingerprint density at radius 1 is 1.17 bits per heavy atom. The number of carbonyl (C=O) groups is 1. The number of fused-ring (bicyclic) bond motifs is 1. The van der Waals surface area contributed by atoms with Crippen LogP contribution >= 0.6 is 11.3 Å². The second-order valence-corrected chi connectivity index (χ2v) is 5.95. The summed E-state index contributed by atoms with van der Waals surface area (Å²) in [7, 11) is 1.65. The van der Waals surface area contributed by atoms with E-state index in [-0.39, 0.29) is 5.91 Å². The number of ether oxygens (including phenoxy) is 1. The largest absolute Gasteiger partial charge is 0.496 e. The minimum absolute atomic E-state index is 0.188. The third-order valence-electron chi connectivity index (χ3n) is 3.58. The van der Waals surface area contributed by atoms with Crippen LogP contribution in [0.5, 0.6) is 5.75 Å². The van der Waals surface area contributed by atoms with Crippen molar-refractivity contribution in [1.29, 1.82) is 0 Å². The van der Waals surface area contributed by atoms with E-state index in [0.29, 0.717) is 4.88 Å². The van der Waals surface area contributed by atoms with Crippen molar-refractivity contribution < 1.29 is 9.53 Å². The number of carbonyl (C=O) groups excluding carboxylic acids is 1. The highest BCUT2D eigenvalue weighted by molar-refractivity contribution is 7.12. The third-order valence-corrected chi connectivity index (χ3v) is 4.59. The number of benzene rings is 2. The molecular formula is C18H16N2O2S. The summed E-state index contributed by atoms with van der Waals surface area (Å²) >= 11 is 1.41. The molecule has 0 saturated heterocycles. The molecule has 116 valence electrons. The molecule has 3 aromatic rings. The van der Waals surface area contributed by atoms with Crippen LogP contribution in [0, 0.1) is 6.92 Å². The lowest BCUT2D eigenvalue weighted by Gasteiger charge is -2.07. The molecule has 1 N–H and O–H groups in total. The van der Waals surface area contributed by atoms with Crippen LogP contribution in [-0.4, -0.2) is 19.2 Å². The number of hydrogen-bond donors (Lipinski definition) is 1. The topological polar surface area (TPSA) is 50.7 Å². The maximum absolute atomic E-state index is 12.0. The third kappa shape index (κ3) is 3.10. The number of aryl methyl sites for hydroxylation is 1. The Kier molecular flexibility index (Phi) is 4.39. The molecule has 1 heterocycles. The Balaban J connectivity index is 1.84. The number of nitrogens with one attached hydrogen (secondary N) is 1. The van der Waals surface area contributed by atoms with E-state index in [1.165, 1.54) is 11.3 Å². The summed E-state index contributed by atoms with van der Waals surface area (Å²) in [5.41, 5.74) is 4.45. The Morgan fingerprint density at radius 3 is 2.65 bits per heavy atom. The van der Waals surface area contributed by atoms with E-state index < -0.39 is 0 Å². The monoisotopic (exact) mass is 324 g/mol. The standard InChI is InChI=1S/C18H16N2O2S/c1-12-9-10-23-17(12)18(21)20-19-11-13-7-8-16(22-2)15-6-4-3-5-14(13)15/h3-11H,1-2H3,(H,20,21). The van der Waals surface area contributed by atoms with Gasteiger partial charge in [-0.2, -0.15) is 5.10 Å². The summed E-state index contributed by atoms with van der Waals surface area (Å²) in [5, 5.41) is 8.02. The molecule has 0 saturated carbocycles. The predicted molar refractivity (Wildman–Crippen MR) is 94.6 cm³/mol. The Labute approximate surface area is 138 Å². The number of methoxy groups -OCH3 is 1. The smallest absolute Gasteiger partial charge is 0.281 e. The summed E-state index contributed by atoms with van der Waals surface area (Å²) < 4.78 is 5.37. The molecule has 23 heavy (non-hydrogen) atoms.